The van der Waals surface area contributed by atoms with Gasteiger partial charge in [-0.3, -0.25) is 4.79 Å². The van der Waals surface area contributed by atoms with Crippen LogP contribution in [0.4, 0.5) is 11.4 Å². The van der Waals surface area contributed by atoms with E-state index in [1.165, 1.54) is 0 Å². The van der Waals surface area contributed by atoms with Crippen LogP contribution in [0.2, 0.25) is 0 Å². The van der Waals surface area contributed by atoms with Crippen LogP contribution in [-0.2, 0) is 9.53 Å². The summed E-state index contributed by atoms with van der Waals surface area (Å²) in [6, 6.07) is 5.18. The first-order valence-electron chi connectivity index (χ1n) is 7.12. The maximum atomic E-state index is 12.1. The Kier molecular flexibility index (Phi) is 3.94. The fourth-order valence-corrected chi connectivity index (χ4v) is 2.08. The van der Waals surface area contributed by atoms with Crippen molar-refractivity contribution in [3.63, 3.8) is 0 Å². The standard InChI is InChI=1S/C16H22N2O3/c1-9-10(2)17-12-7-6-11(8-13(12)18-14(9)19)15(20)21-16(3,4)5/h6-10,17H,1-5H3,(H,18,19). The lowest BCUT2D eigenvalue weighted by Gasteiger charge is -2.20. The van der Waals surface area contributed by atoms with Gasteiger partial charge in [-0.25, -0.2) is 4.79 Å². The van der Waals surface area contributed by atoms with Crippen LogP contribution in [0, 0.1) is 5.92 Å². The van der Waals surface area contributed by atoms with Gasteiger partial charge in [-0.1, -0.05) is 6.92 Å². The molecule has 0 aromatic heterocycles. The second-order valence-electron chi connectivity index (χ2n) is 6.47. The first-order valence-corrected chi connectivity index (χ1v) is 7.12. The number of nitrogens with one attached hydrogen (secondary N) is 2. The van der Waals surface area contributed by atoms with Gasteiger partial charge in [0.2, 0.25) is 5.91 Å². The Balaban J connectivity index is 2.30. The van der Waals surface area contributed by atoms with Gasteiger partial charge in [0.15, 0.2) is 0 Å². The number of amides is 1. The Morgan fingerprint density at radius 2 is 1.86 bits per heavy atom. The van der Waals surface area contributed by atoms with Crippen molar-refractivity contribution in [1.82, 2.24) is 0 Å². The van der Waals surface area contributed by atoms with Crippen LogP contribution in [0.1, 0.15) is 45.0 Å². The highest BCUT2D eigenvalue weighted by Gasteiger charge is 2.26. The number of hydrogen-bond acceptors (Lipinski definition) is 4. The molecule has 2 unspecified atom stereocenters. The molecular weight excluding hydrogens is 268 g/mol. The van der Waals surface area contributed by atoms with Crippen molar-refractivity contribution in [2.24, 2.45) is 5.92 Å². The van der Waals surface area contributed by atoms with Crippen molar-refractivity contribution < 1.29 is 14.3 Å². The number of carbonyl (C=O) groups excluding carboxylic acids is 2. The number of fused-ring (bicyclic) bond motifs is 1. The summed E-state index contributed by atoms with van der Waals surface area (Å²) in [7, 11) is 0. The predicted molar refractivity (Wildman–Crippen MR) is 82.5 cm³/mol. The van der Waals surface area contributed by atoms with Crippen LogP contribution >= 0.6 is 0 Å². The number of hydrogen-bond donors (Lipinski definition) is 2. The van der Waals surface area contributed by atoms with Gasteiger partial charge in [0.1, 0.15) is 5.60 Å². The number of esters is 1. The molecule has 1 aromatic rings. The average Bonchev–Trinajstić information content (AvgIpc) is 2.46. The van der Waals surface area contributed by atoms with Gasteiger partial charge in [-0.2, -0.15) is 0 Å². The van der Waals surface area contributed by atoms with Gasteiger partial charge in [0.25, 0.3) is 0 Å². The molecule has 2 rings (SSSR count). The average molecular weight is 290 g/mol. The van der Waals surface area contributed by atoms with Crippen LogP contribution in [0.15, 0.2) is 18.2 Å². The quantitative estimate of drug-likeness (QED) is 0.780. The summed E-state index contributed by atoms with van der Waals surface area (Å²) in [5, 5.41) is 6.13. The Labute approximate surface area is 125 Å². The molecule has 0 bridgehead atoms. The van der Waals surface area contributed by atoms with Crippen molar-refractivity contribution in [2.45, 2.75) is 46.3 Å². The summed E-state index contributed by atoms with van der Waals surface area (Å²) >= 11 is 0. The van der Waals surface area contributed by atoms with Gasteiger partial charge in [0, 0.05) is 6.04 Å². The maximum absolute atomic E-state index is 12.1. The second-order valence-corrected chi connectivity index (χ2v) is 6.47. The van der Waals surface area contributed by atoms with Crippen LogP contribution < -0.4 is 10.6 Å². The Bertz CT molecular complexity index is 575. The molecule has 21 heavy (non-hydrogen) atoms. The van der Waals surface area contributed by atoms with Crippen LogP contribution in [0.5, 0.6) is 0 Å². The van der Waals surface area contributed by atoms with E-state index in [2.05, 4.69) is 10.6 Å². The van der Waals surface area contributed by atoms with Crippen molar-refractivity contribution in [2.75, 3.05) is 10.6 Å². The molecule has 1 amide bonds. The highest BCUT2D eigenvalue weighted by Crippen LogP contribution is 2.29. The number of anilines is 2. The molecule has 5 heteroatoms. The van der Waals surface area contributed by atoms with Gasteiger partial charge in [-0.05, 0) is 45.9 Å². The SMILES string of the molecule is CC1Nc2ccc(C(=O)OC(C)(C)C)cc2NC(=O)C1C. The van der Waals surface area contributed by atoms with Crippen LogP contribution in [0.25, 0.3) is 0 Å². The molecule has 1 aromatic carbocycles. The highest BCUT2D eigenvalue weighted by molar-refractivity contribution is 6.00. The summed E-state index contributed by atoms with van der Waals surface area (Å²) in [6.07, 6.45) is 0. The zero-order valence-corrected chi connectivity index (χ0v) is 13.1. The molecule has 2 N–H and O–H groups in total. The third kappa shape index (κ3) is 3.54. The topological polar surface area (TPSA) is 67.4 Å². The summed E-state index contributed by atoms with van der Waals surface area (Å²) in [5.74, 6) is -0.609. The van der Waals surface area contributed by atoms with Gasteiger partial charge in [0.05, 0.1) is 22.9 Å². The molecule has 1 heterocycles. The van der Waals surface area contributed by atoms with E-state index in [1.54, 1.807) is 18.2 Å². The molecule has 5 nitrogen and oxygen atoms in total. The summed E-state index contributed by atoms with van der Waals surface area (Å²) in [5.41, 5.74) is 1.30. The van der Waals surface area contributed by atoms with E-state index in [0.717, 1.165) is 5.69 Å². The lowest BCUT2D eigenvalue weighted by Crippen LogP contribution is -2.30. The fraction of sp³-hybridized carbons (Fsp3) is 0.500. The smallest absolute Gasteiger partial charge is 0.338 e. The normalized spacial score (nSPS) is 21.7. The van der Waals surface area contributed by atoms with Crippen molar-refractivity contribution in [3.8, 4) is 0 Å². The second kappa shape index (κ2) is 5.39. The van der Waals surface area contributed by atoms with E-state index in [9.17, 15) is 9.59 Å². The lowest BCUT2D eigenvalue weighted by molar-refractivity contribution is -0.119. The first-order chi connectivity index (χ1) is 9.67. The van der Waals surface area contributed by atoms with E-state index in [4.69, 9.17) is 4.74 Å². The molecule has 1 aliphatic heterocycles. The van der Waals surface area contributed by atoms with Crippen molar-refractivity contribution >= 4 is 23.3 Å². The molecule has 0 radical (unpaired) electrons. The zero-order valence-electron chi connectivity index (χ0n) is 13.1. The van der Waals surface area contributed by atoms with E-state index in [-0.39, 0.29) is 17.9 Å². The van der Waals surface area contributed by atoms with Gasteiger partial charge < -0.3 is 15.4 Å². The summed E-state index contributed by atoms with van der Waals surface area (Å²) in [6.45, 7) is 9.29. The lowest BCUT2D eigenvalue weighted by atomic mass is 10.0. The molecule has 1 aliphatic rings. The molecule has 0 saturated heterocycles. The molecule has 2 atom stereocenters. The third-order valence-corrected chi connectivity index (χ3v) is 3.46. The van der Waals surface area contributed by atoms with Crippen molar-refractivity contribution in [3.05, 3.63) is 23.8 Å². The minimum Gasteiger partial charge on any atom is -0.456 e. The van der Waals surface area contributed by atoms with Gasteiger partial charge >= 0.3 is 5.97 Å². The molecule has 0 fully saturated rings. The Hall–Kier alpha value is -2.04. The third-order valence-electron chi connectivity index (χ3n) is 3.46. The van der Waals surface area contributed by atoms with Gasteiger partial charge in [-0.15, -0.1) is 0 Å². The Morgan fingerprint density at radius 3 is 2.48 bits per heavy atom. The van der Waals surface area contributed by atoms with E-state index in [1.807, 2.05) is 34.6 Å². The summed E-state index contributed by atoms with van der Waals surface area (Å²) < 4.78 is 5.34. The zero-order chi connectivity index (χ0) is 15.8. The minimum absolute atomic E-state index is 0.0265. The number of benzene rings is 1. The minimum atomic E-state index is -0.547. The number of ether oxygens (including phenoxy) is 1. The molecule has 0 spiro atoms. The van der Waals surface area contributed by atoms with Crippen LogP contribution in [0.3, 0.4) is 0 Å². The predicted octanol–water partition coefficient (Wildman–Crippen LogP) is 3.03. The molecule has 114 valence electrons. The van der Waals surface area contributed by atoms with E-state index >= 15 is 0 Å². The molecule has 0 aliphatic carbocycles. The maximum Gasteiger partial charge on any atom is 0.338 e. The highest BCUT2D eigenvalue weighted by atomic mass is 16.6. The number of carbonyl (C=O) groups is 2. The van der Waals surface area contributed by atoms with Crippen molar-refractivity contribution in [1.29, 1.82) is 0 Å². The fourth-order valence-electron chi connectivity index (χ4n) is 2.08. The van der Waals surface area contributed by atoms with Crippen LogP contribution in [-0.4, -0.2) is 23.5 Å². The largest absolute Gasteiger partial charge is 0.456 e. The monoisotopic (exact) mass is 290 g/mol. The summed E-state index contributed by atoms with van der Waals surface area (Å²) in [4.78, 5) is 24.1. The number of rotatable bonds is 1. The van der Waals surface area contributed by atoms with E-state index < -0.39 is 11.6 Å². The Morgan fingerprint density at radius 1 is 1.19 bits per heavy atom. The first kappa shape index (κ1) is 15.4. The van der Waals surface area contributed by atoms with E-state index in [0.29, 0.717) is 11.3 Å². The molecular formula is C16H22N2O3. The molecule has 0 saturated carbocycles.